The zero-order valence-electron chi connectivity index (χ0n) is 15.1. The van der Waals surface area contributed by atoms with Gasteiger partial charge in [-0.3, -0.25) is 9.59 Å². The molecule has 0 aromatic heterocycles. The number of phenols is 1. The van der Waals surface area contributed by atoms with Crippen LogP contribution in [-0.4, -0.2) is 16.8 Å². The van der Waals surface area contributed by atoms with Gasteiger partial charge in [-0.2, -0.15) is 0 Å². The number of carbonyl (C=O) groups is 2. The molecule has 0 unspecified atom stereocenters. The predicted octanol–water partition coefficient (Wildman–Crippen LogP) is 5.45. The summed E-state index contributed by atoms with van der Waals surface area (Å²) in [6.07, 6.45) is 11.3. The maximum atomic E-state index is 12.2. The van der Waals surface area contributed by atoms with Gasteiger partial charge in [0.15, 0.2) is 5.78 Å². The molecule has 134 valence electrons. The summed E-state index contributed by atoms with van der Waals surface area (Å²) < 4.78 is 0. The Balaban J connectivity index is 2.29. The molecule has 24 heavy (non-hydrogen) atoms. The molecule has 0 spiro atoms. The summed E-state index contributed by atoms with van der Waals surface area (Å²) in [5, 5.41) is 12.5. The fourth-order valence-corrected chi connectivity index (χ4v) is 2.77. The van der Waals surface area contributed by atoms with E-state index < -0.39 is 0 Å². The molecule has 4 heteroatoms. The number of benzene rings is 1. The second-order valence-electron chi connectivity index (χ2n) is 6.41. The molecule has 2 N–H and O–H groups in total. The van der Waals surface area contributed by atoms with Crippen LogP contribution in [0.25, 0.3) is 0 Å². The van der Waals surface area contributed by atoms with E-state index in [1.165, 1.54) is 51.5 Å². The zero-order valence-corrected chi connectivity index (χ0v) is 15.1. The van der Waals surface area contributed by atoms with Crippen molar-refractivity contribution in [2.24, 2.45) is 0 Å². The lowest BCUT2D eigenvalue weighted by Crippen LogP contribution is -2.07. The lowest BCUT2D eigenvalue weighted by Gasteiger charge is -2.08. The van der Waals surface area contributed by atoms with Crippen LogP contribution in [0.1, 0.15) is 88.4 Å². The van der Waals surface area contributed by atoms with Gasteiger partial charge in [-0.05, 0) is 24.6 Å². The summed E-state index contributed by atoms with van der Waals surface area (Å²) in [5.74, 6) is -0.286. The molecule has 0 fully saturated rings. The molecule has 0 aliphatic heterocycles. The summed E-state index contributed by atoms with van der Waals surface area (Å²) in [7, 11) is 0. The maximum absolute atomic E-state index is 12.2. The SMILES string of the molecule is CCCCCCCCCCCC(=O)c1cc(NC(C)=O)ccc1O. The Hall–Kier alpha value is -1.84. The van der Waals surface area contributed by atoms with Crippen LogP contribution in [0.15, 0.2) is 18.2 Å². The fourth-order valence-electron chi connectivity index (χ4n) is 2.77. The number of amides is 1. The number of hydrogen-bond acceptors (Lipinski definition) is 3. The first-order valence-electron chi connectivity index (χ1n) is 9.18. The molecule has 1 aromatic rings. The topological polar surface area (TPSA) is 66.4 Å². The third kappa shape index (κ3) is 8.14. The molecule has 0 saturated heterocycles. The van der Waals surface area contributed by atoms with Crippen LogP contribution in [0.5, 0.6) is 5.75 Å². The highest BCUT2D eigenvalue weighted by atomic mass is 16.3. The normalized spacial score (nSPS) is 10.6. The van der Waals surface area contributed by atoms with Crippen LogP contribution in [0, 0.1) is 0 Å². The van der Waals surface area contributed by atoms with Crippen LogP contribution in [0.4, 0.5) is 5.69 Å². The van der Waals surface area contributed by atoms with Gasteiger partial charge in [0.2, 0.25) is 5.91 Å². The monoisotopic (exact) mass is 333 g/mol. The number of phenolic OH excluding ortho intramolecular Hbond substituents is 1. The highest BCUT2D eigenvalue weighted by Crippen LogP contribution is 2.24. The van der Waals surface area contributed by atoms with Crippen LogP contribution >= 0.6 is 0 Å². The van der Waals surface area contributed by atoms with Crippen molar-refractivity contribution < 1.29 is 14.7 Å². The van der Waals surface area contributed by atoms with Gasteiger partial charge in [0.25, 0.3) is 0 Å². The Bertz CT molecular complexity index is 526. The van der Waals surface area contributed by atoms with Gasteiger partial charge in [-0.25, -0.2) is 0 Å². The van der Waals surface area contributed by atoms with E-state index in [1.54, 1.807) is 12.1 Å². The number of unbranched alkanes of at least 4 members (excludes halogenated alkanes) is 8. The van der Waals surface area contributed by atoms with E-state index in [-0.39, 0.29) is 17.4 Å². The second-order valence-corrected chi connectivity index (χ2v) is 6.41. The zero-order chi connectivity index (χ0) is 17.8. The summed E-state index contributed by atoms with van der Waals surface area (Å²) in [5.41, 5.74) is 0.830. The summed E-state index contributed by atoms with van der Waals surface area (Å²) in [6, 6.07) is 4.59. The van der Waals surface area contributed by atoms with Crippen molar-refractivity contribution in [1.82, 2.24) is 0 Å². The van der Waals surface area contributed by atoms with Crippen LogP contribution < -0.4 is 5.32 Å². The fraction of sp³-hybridized carbons (Fsp3) is 0.600. The molecular weight excluding hydrogens is 302 g/mol. The van der Waals surface area contributed by atoms with Crippen molar-refractivity contribution in [1.29, 1.82) is 0 Å². The average molecular weight is 333 g/mol. The smallest absolute Gasteiger partial charge is 0.221 e. The Morgan fingerprint density at radius 1 is 0.958 bits per heavy atom. The minimum absolute atomic E-state index is 0.0231. The summed E-state index contributed by atoms with van der Waals surface area (Å²) in [6.45, 7) is 3.64. The molecule has 0 saturated carbocycles. The number of nitrogens with one attached hydrogen (secondary N) is 1. The Morgan fingerprint density at radius 2 is 1.54 bits per heavy atom. The molecule has 4 nitrogen and oxygen atoms in total. The quantitative estimate of drug-likeness (QED) is 0.303. The minimum Gasteiger partial charge on any atom is -0.507 e. The van der Waals surface area contributed by atoms with Crippen molar-refractivity contribution in [2.45, 2.75) is 78.1 Å². The molecule has 0 bridgehead atoms. The van der Waals surface area contributed by atoms with Gasteiger partial charge in [0.05, 0.1) is 5.56 Å². The summed E-state index contributed by atoms with van der Waals surface area (Å²) in [4.78, 5) is 23.3. The van der Waals surface area contributed by atoms with Crippen molar-refractivity contribution in [3.8, 4) is 5.75 Å². The average Bonchev–Trinajstić information content (AvgIpc) is 2.54. The second kappa shape index (κ2) is 11.7. The van der Waals surface area contributed by atoms with Crippen LogP contribution in [0.2, 0.25) is 0 Å². The van der Waals surface area contributed by atoms with Crippen molar-refractivity contribution >= 4 is 17.4 Å². The van der Waals surface area contributed by atoms with Gasteiger partial charge in [0.1, 0.15) is 5.75 Å². The van der Waals surface area contributed by atoms with Gasteiger partial charge >= 0.3 is 0 Å². The van der Waals surface area contributed by atoms with Crippen molar-refractivity contribution in [3.05, 3.63) is 23.8 Å². The Morgan fingerprint density at radius 3 is 2.12 bits per heavy atom. The molecule has 0 atom stereocenters. The number of carbonyl (C=O) groups excluding carboxylic acids is 2. The van der Waals surface area contributed by atoms with E-state index in [0.717, 1.165) is 19.3 Å². The van der Waals surface area contributed by atoms with E-state index in [2.05, 4.69) is 12.2 Å². The highest BCUT2D eigenvalue weighted by Gasteiger charge is 2.12. The van der Waals surface area contributed by atoms with Crippen LogP contribution in [-0.2, 0) is 4.79 Å². The maximum Gasteiger partial charge on any atom is 0.221 e. The molecule has 1 amide bonds. The highest BCUT2D eigenvalue weighted by molar-refractivity contribution is 6.00. The molecular formula is C20H31NO3. The molecule has 0 aliphatic carbocycles. The minimum atomic E-state index is -0.196. The van der Waals surface area contributed by atoms with Gasteiger partial charge < -0.3 is 10.4 Å². The number of anilines is 1. The lowest BCUT2D eigenvalue weighted by molar-refractivity contribution is -0.114. The molecule has 0 aliphatic rings. The van der Waals surface area contributed by atoms with Crippen molar-refractivity contribution in [2.75, 3.05) is 5.32 Å². The van der Waals surface area contributed by atoms with E-state index >= 15 is 0 Å². The van der Waals surface area contributed by atoms with E-state index in [4.69, 9.17) is 0 Å². The van der Waals surface area contributed by atoms with Gasteiger partial charge in [0, 0.05) is 19.0 Å². The predicted molar refractivity (Wildman–Crippen MR) is 98.6 cm³/mol. The molecule has 1 rings (SSSR count). The number of hydrogen-bond donors (Lipinski definition) is 2. The first kappa shape index (κ1) is 20.2. The lowest BCUT2D eigenvalue weighted by atomic mass is 10.0. The molecule has 0 radical (unpaired) electrons. The largest absolute Gasteiger partial charge is 0.507 e. The number of rotatable bonds is 12. The van der Waals surface area contributed by atoms with Crippen LogP contribution in [0.3, 0.4) is 0 Å². The third-order valence-electron chi connectivity index (χ3n) is 4.12. The van der Waals surface area contributed by atoms with Gasteiger partial charge in [-0.15, -0.1) is 0 Å². The van der Waals surface area contributed by atoms with Crippen molar-refractivity contribution in [3.63, 3.8) is 0 Å². The molecule has 0 heterocycles. The summed E-state index contributed by atoms with van der Waals surface area (Å²) >= 11 is 0. The van der Waals surface area contributed by atoms with E-state index in [1.807, 2.05) is 0 Å². The van der Waals surface area contributed by atoms with E-state index in [0.29, 0.717) is 17.7 Å². The Labute approximate surface area is 145 Å². The number of ketones is 1. The number of Topliss-reactive ketones (excluding diaryl/α,β-unsaturated/α-hetero) is 1. The Kier molecular flexibility index (Phi) is 9.81. The van der Waals surface area contributed by atoms with Gasteiger partial charge in [-0.1, -0.05) is 58.3 Å². The van der Waals surface area contributed by atoms with E-state index in [9.17, 15) is 14.7 Å². The molecule has 1 aromatic carbocycles. The standard InChI is InChI=1S/C20H31NO3/c1-3-4-5-6-7-8-9-10-11-12-19(23)18-15-17(21-16(2)22)13-14-20(18)24/h13-15,24H,3-12H2,1-2H3,(H,21,22). The number of aromatic hydroxyl groups is 1. The third-order valence-corrected chi connectivity index (χ3v) is 4.12. The first-order valence-corrected chi connectivity index (χ1v) is 9.18. The first-order chi connectivity index (χ1) is 11.5.